The Morgan fingerprint density at radius 2 is 1.72 bits per heavy atom. The molecule has 29 heavy (non-hydrogen) atoms. The van der Waals surface area contributed by atoms with Crippen molar-refractivity contribution in [2.45, 2.75) is 20.0 Å². The highest BCUT2D eigenvalue weighted by atomic mass is 16.5. The minimum atomic E-state index is -0.106. The number of hydrogen-bond donors (Lipinski definition) is 1. The van der Waals surface area contributed by atoms with E-state index in [4.69, 9.17) is 4.74 Å². The van der Waals surface area contributed by atoms with Crippen LogP contribution < -0.4 is 10.1 Å². The molecule has 0 radical (unpaired) electrons. The number of benzene rings is 2. The first-order valence-electron chi connectivity index (χ1n) is 10.3. The summed E-state index contributed by atoms with van der Waals surface area (Å²) >= 11 is 0. The van der Waals surface area contributed by atoms with E-state index in [2.05, 4.69) is 46.3 Å². The van der Waals surface area contributed by atoms with Gasteiger partial charge in [-0.1, -0.05) is 43.3 Å². The fourth-order valence-electron chi connectivity index (χ4n) is 3.45. The molecule has 0 saturated carbocycles. The minimum absolute atomic E-state index is 0.106. The maximum absolute atomic E-state index is 12.1. The van der Waals surface area contributed by atoms with E-state index in [0.717, 1.165) is 56.1 Å². The lowest BCUT2D eigenvalue weighted by molar-refractivity contribution is -0.116. The molecule has 0 aromatic heterocycles. The number of nitrogens with one attached hydrogen (secondary N) is 1. The molecule has 3 rings (SSSR count). The van der Waals surface area contributed by atoms with E-state index >= 15 is 0 Å². The van der Waals surface area contributed by atoms with Gasteiger partial charge in [0.05, 0.1) is 7.11 Å². The SMILES string of the molecule is CCN1CCN(Cc2ccc(CNC(=O)/C=C/c3cccc(OC)c3)cc2)CC1. The van der Waals surface area contributed by atoms with Crippen LogP contribution >= 0.6 is 0 Å². The first-order valence-corrected chi connectivity index (χ1v) is 10.3. The van der Waals surface area contributed by atoms with Gasteiger partial charge in [-0.15, -0.1) is 0 Å². The largest absolute Gasteiger partial charge is 0.497 e. The number of carbonyl (C=O) groups excluding carboxylic acids is 1. The highest BCUT2D eigenvalue weighted by Crippen LogP contribution is 2.14. The predicted octanol–water partition coefficient (Wildman–Crippen LogP) is 3.16. The molecule has 5 heteroatoms. The number of piperazine rings is 1. The monoisotopic (exact) mass is 393 g/mol. The highest BCUT2D eigenvalue weighted by molar-refractivity contribution is 5.91. The van der Waals surface area contributed by atoms with Crippen LogP contribution in [-0.2, 0) is 17.9 Å². The van der Waals surface area contributed by atoms with E-state index in [1.54, 1.807) is 19.3 Å². The second kappa shape index (κ2) is 10.8. The molecular weight excluding hydrogens is 362 g/mol. The van der Waals surface area contributed by atoms with Gasteiger partial charge in [-0.05, 0) is 41.4 Å². The molecule has 1 aliphatic rings. The van der Waals surface area contributed by atoms with Crippen molar-refractivity contribution < 1.29 is 9.53 Å². The van der Waals surface area contributed by atoms with E-state index in [-0.39, 0.29) is 5.91 Å². The number of amides is 1. The van der Waals surface area contributed by atoms with Crippen LogP contribution in [0, 0.1) is 0 Å². The number of hydrogen-bond acceptors (Lipinski definition) is 4. The number of rotatable bonds is 8. The summed E-state index contributed by atoms with van der Waals surface area (Å²) in [5, 5.41) is 2.94. The lowest BCUT2D eigenvalue weighted by Crippen LogP contribution is -2.45. The summed E-state index contributed by atoms with van der Waals surface area (Å²) in [4.78, 5) is 17.1. The Morgan fingerprint density at radius 3 is 2.41 bits per heavy atom. The molecule has 5 nitrogen and oxygen atoms in total. The van der Waals surface area contributed by atoms with Crippen LogP contribution in [0.3, 0.4) is 0 Å². The van der Waals surface area contributed by atoms with Gasteiger partial charge in [0.1, 0.15) is 5.75 Å². The number of methoxy groups -OCH3 is 1. The molecule has 0 spiro atoms. The lowest BCUT2D eigenvalue weighted by atomic mass is 10.1. The van der Waals surface area contributed by atoms with Crippen LogP contribution in [0.4, 0.5) is 0 Å². The van der Waals surface area contributed by atoms with E-state index < -0.39 is 0 Å². The molecule has 1 amide bonds. The van der Waals surface area contributed by atoms with Gasteiger partial charge in [-0.25, -0.2) is 0 Å². The summed E-state index contributed by atoms with van der Waals surface area (Å²) < 4.78 is 5.19. The summed E-state index contributed by atoms with van der Waals surface area (Å²) in [6.07, 6.45) is 3.35. The molecule has 2 aromatic rings. The Morgan fingerprint density at radius 1 is 1.03 bits per heavy atom. The van der Waals surface area contributed by atoms with Gasteiger partial charge in [0, 0.05) is 45.3 Å². The van der Waals surface area contributed by atoms with Crippen molar-refractivity contribution in [1.29, 1.82) is 0 Å². The Balaban J connectivity index is 1.43. The maximum atomic E-state index is 12.1. The molecule has 1 saturated heterocycles. The van der Waals surface area contributed by atoms with Crippen molar-refractivity contribution >= 4 is 12.0 Å². The van der Waals surface area contributed by atoms with Gasteiger partial charge in [-0.3, -0.25) is 9.69 Å². The molecule has 0 unspecified atom stereocenters. The first kappa shape index (κ1) is 21.1. The van der Waals surface area contributed by atoms with Gasteiger partial charge in [0.2, 0.25) is 5.91 Å². The fourth-order valence-corrected chi connectivity index (χ4v) is 3.45. The number of carbonyl (C=O) groups is 1. The van der Waals surface area contributed by atoms with Crippen molar-refractivity contribution in [2.75, 3.05) is 39.8 Å². The summed E-state index contributed by atoms with van der Waals surface area (Å²) in [6, 6.07) is 16.2. The summed E-state index contributed by atoms with van der Waals surface area (Å²) in [5.74, 6) is 0.672. The molecule has 1 heterocycles. The summed E-state index contributed by atoms with van der Waals surface area (Å²) in [5.41, 5.74) is 3.36. The number of likely N-dealkylation sites (N-methyl/N-ethyl adjacent to an activating group) is 1. The van der Waals surface area contributed by atoms with Crippen molar-refractivity contribution in [1.82, 2.24) is 15.1 Å². The van der Waals surface area contributed by atoms with Gasteiger partial charge in [0.25, 0.3) is 0 Å². The average molecular weight is 394 g/mol. The molecule has 1 aliphatic heterocycles. The molecule has 2 aromatic carbocycles. The Kier molecular flexibility index (Phi) is 7.85. The van der Waals surface area contributed by atoms with E-state index in [9.17, 15) is 4.79 Å². The van der Waals surface area contributed by atoms with E-state index in [1.807, 2.05) is 24.3 Å². The molecule has 0 aliphatic carbocycles. The topological polar surface area (TPSA) is 44.8 Å². The molecular formula is C24H31N3O2. The highest BCUT2D eigenvalue weighted by Gasteiger charge is 2.15. The predicted molar refractivity (Wildman–Crippen MR) is 118 cm³/mol. The van der Waals surface area contributed by atoms with Crippen molar-refractivity contribution in [3.05, 3.63) is 71.3 Å². The molecule has 154 valence electrons. The van der Waals surface area contributed by atoms with E-state index in [1.165, 1.54) is 5.56 Å². The third-order valence-corrected chi connectivity index (χ3v) is 5.33. The first-order chi connectivity index (χ1) is 14.2. The minimum Gasteiger partial charge on any atom is -0.497 e. The molecule has 0 bridgehead atoms. The Bertz CT molecular complexity index is 809. The number of nitrogens with zero attached hydrogens (tertiary/aromatic N) is 2. The second-order valence-electron chi connectivity index (χ2n) is 7.35. The Labute approximate surface area is 174 Å². The van der Waals surface area contributed by atoms with E-state index in [0.29, 0.717) is 6.54 Å². The van der Waals surface area contributed by atoms with Crippen LogP contribution in [-0.4, -0.2) is 55.5 Å². The lowest BCUT2D eigenvalue weighted by Gasteiger charge is -2.34. The van der Waals surface area contributed by atoms with Crippen LogP contribution in [0.15, 0.2) is 54.6 Å². The molecule has 1 fully saturated rings. The zero-order valence-electron chi connectivity index (χ0n) is 17.4. The third kappa shape index (κ3) is 6.73. The van der Waals surface area contributed by atoms with Crippen molar-refractivity contribution in [3.8, 4) is 5.75 Å². The van der Waals surface area contributed by atoms with Gasteiger partial charge in [-0.2, -0.15) is 0 Å². The van der Waals surface area contributed by atoms with Gasteiger partial charge >= 0.3 is 0 Å². The Hall–Kier alpha value is -2.63. The standard InChI is InChI=1S/C24H31N3O2/c1-3-26-13-15-27(16-14-26)19-22-9-7-21(8-10-22)18-25-24(28)12-11-20-5-4-6-23(17-20)29-2/h4-12,17H,3,13-16,18-19H2,1-2H3,(H,25,28)/b12-11+. The van der Waals surface area contributed by atoms with Crippen LogP contribution in [0.5, 0.6) is 5.75 Å². The quantitative estimate of drug-likeness (QED) is 0.700. The van der Waals surface area contributed by atoms with Crippen LogP contribution in [0.2, 0.25) is 0 Å². The second-order valence-corrected chi connectivity index (χ2v) is 7.35. The fraction of sp³-hybridized carbons (Fsp3) is 0.375. The molecule has 0 atom stereocenters. The summed E-state index contributed by atoms with van der Waals surface area (Å²) in [7, 11) is 1.63. The van der Waals surface area contributed by atoms with Gasteiger partial charge in [0.15, 0.2) is 0 Å². The molecule has 1 N–H and O–H groups in total. The zero-order valence-corrected chi connectivity index (χ0v) is 17.4. The van der Waals surface area contributed by atoms with Crippen molar-refractivity contribution in [3.63, 3.8) is 0 Å². The van der Waals surface area contributed by atoms with Crippen LogP contribution in [0.25, 0.3) is 6.08 Å². The third-order valence-electron chi connectivity index (χ3n) is 5.33. The smallest absolute Gasteiger partial charge is 0.244 e. The maximum Gasteiger partial charge on any atom is 0.244 e. The van der Waals surface area contributed by atoms with Crippen molar-refractivity contribution in [2.24, 2.45) is 0 Å². The summed E-state index contributed by atoms with van der Waals surface area (Å²) in [6.45, 7) is 9.46. The average Bonchev–Trinajstić information content (AvgIpc) is 2.78. The van der Waals surface area contributed by atoms with Gasteiger partial charge < -0.3 is 15.0 Å². The van der Waals surface area contributed by atoms with Crippen LogP contribution in [0.1, 0.15) is 23.6 Å². The number of ether oxygens (including phenoxy) is 1. The zero-order chi connectivity index (χ0) is 20.5. The normalized spacial score (nSPS) is 15.5.